The largest absolute Gasteiger partial charge is 0.383 e. The molecule has 0 aliphatic carbocycles. The molecule has 2 atom stereocenters. The van der Waals surface area contributed by atoms with E-state index in [1.807, 2.05) is 60.1 Å². The van der Waals surface area contributed by atoms with Crippen LogP contribution in [0.3, 0.4) is 0 Å². The zero-order chi connectivity index (χ0) is 26.9. The third-order valence-corrected chi connectivity index (χ3v) is 7.32. The van der Waals surface area contributed by atoms with Gasteiger partial charge >= 0.3 is 6.03 Å². The van der Waals surface area contributed by atoms with Gasteiger partial charge in [0.15, 0.2) is 5.65 Å². The smallest absolute Gasteiger partial charge is 0.346 e. The summed E-state index contributed by atoms with van der Waals surface area (Å²) in [5.41, 5.74) is 10.9. The number of carbonyl (C=O) groups excluding carboxylic acids is 1. The standard InChI is InChI=1S/C29H30N8O2/c1-19-8-10-22(33-29(38)37-25(13-15-39-37)20-6-4-3-5-7-20)16-21(19)9-11-24-26-27(30)31-18-32-28(26)36(34-24)23-12-14-35(2)17-23/h3-8,10,16,18,23,25H,12-15,17H2,1-2H3,(H,33,38)(H2,30,31,32)/t23?,25-/m1/s1. The molecular weight excluding hydrogens is 492 g/mol. The van der Waals surface area contributed by atoms with Crippen molar-refractivity contribution >= 4 is 28.6 Å². The summed E-state index contributed by atoms with van der Waals surface area (Å²) in [5.74, 6) is 6.80. The third-order valence-electron chi connectivity index (χ3n) is 7.32. The predicted octanol–water partition coefficient (Wildman–Crippen LogP) is 3.90. The minimum Gasteiger partial charge on any atom is -0.383 e. The first-order valence-corrected chi connectivity index (χ1v) is 13.1. The molecule has 4 aromatic rings. The van der Waals surface area contributed by atoms with Crippen molar-refractivity contribution in [2.24, 2.45) is 0 Å². The highest BCUT2D eigenvalue weighted by atomic mass is 16.7. The molecular formula is C29H30N8O2. The quantitative estimate of drug-likeness (QED) is 0.392. The van der Waals surface area contributed by atoms with Crippen LogP contribution in [0.15, 0.2) is 54.9 Å². The second-order valence-electron chi connectivity index (χ2n) is 10.0. The van der Waals surface area contributed by atoms with E-state index in [1.54, 1.807) is 0 Å². The molecule has 10 nitrogen and oxygen atoms in total. The van der Waals surface area contributed by atoms with Crippen molar-refractivity contribution in [2.45, 2.75) is 31.8 Å². The monoisotopic (exact) mass is 522 g/mol. The second kappa shape index (κ2) is 10.4. The first-order chi connectivity index (χ1) is 19.0. The van der Waals surface area contributed by atoms with Crippen LogP contribution in [0.1, 0.15) is 47.3 Å². The minimum atomic E-state index is -0.319. The molecule has 10 heteroatoms. The van der Waals surface area contributed by atoms with E-state index < -0.39 is 0 Å². The Bertz CT molecular complexity index is 1590. The van der Waals surface area contributed by atoms with Gasteiger partial charge < -0.3 is 16.0 Å². The number of urea groups is 1. The van der Waals surface area contributed by atoms with Gasteiger partial charge in [0.05, 0.1) is 24.1 Å². The van der Waals surface area contributed by atoms with Crippen molar-refractivity contribution in [3.05, 3.63) is 77.2 Å². The topological polar surface area (TPSA) is 114 Å². The van der Waals surface area contributed by atoms with E-state index in [4.69, 9.17) is 15.7 Å². The van der Waals surface area contributed by atoms with Crippen molar-refractivity contribution in [3.63, 3.8) is 0 Å². The molecule has 198 valence electrons. The first-order valence-electron chi connectivity index (χ1n) is 13.1. The Morgan fingerprint density at radius 1 is 1.13 bits per heavy atom. The van der Waals surface area contributed by atoms with Crippen molar-refractivity contribution < 1.29 is 9.63 Å². The van der Waals surface area contributed by atoms with Crippen LogP contribution in [0.2, 0.25) is 0 Å². The summed E-state index contributed by atoms with van der Waals surface area (Å²) in [7, 11) is 2.10. The molecule has 0 spiro atoms. The van der Waals surface area contributed by atoms with Gasteiger partial charge in [-0.05, 0) is 49.6 Å². The Morgan fingerprint density at radius 3 is 2.77 bits per heavy atom. The number of anilines is 2. The average Bonchev–Trinajstić information content (AvgIpc) is 3.68. The molecule has 2 aromatic carbocycles. The lowest BCUT2D eigenvalue weighted by atomic mass is 10.1. The number of benzene rings is 2. The molecule has 2 saturated heterocycles. The zero-order valence-electron chi connectivity index (χ0n) is 22.0. The van der Waals surface area contributed by atoms with Crippen LogP contribution in [0, 0.1) is 18.8 Å². The second-order valence-corrected chi connectivity index (χ2v) is 10.0. The minimum absolute atomic E-state index is 0.133. The Labute approximate surface area is 226 Å². The van der Waals surface area contributed by atoms with Crippen LogP contribution in [-0.4, -0.2) is 62.5 Å². The molecule has 2 amide bonds. The number of carbonyl (C=O) groups is 1. The highest BCUT2D eigenvalue weighted by Crippen LogP contribution is 2.31. The van der Waals surface area contributed by atoms with Crippen molar-refractivity contribution in [1.29, 1.82) is 0 Å². The van der Waals surface area contributed by atoms with Gasteiger partial charge in [-0.2, -0.15) is 10.2 Å². The van der Waals surface area contributed by atoms with Gasteiger partial charge in [0, 0.05) is 30.8 Å². The molecule has 2 aliphatic rings. The molecule has 4 heterocycles. The van der Waals surface area contributed by atoms with Crippen molar-refractivity contribution in [2.75, 3.05) is 37.8 Å². The van der Waals surface area contributed by atoms with Crippen molar-refractivity contribution in [1.82, 2.24) is 29.7 Å². The Morgan fingerprint density at radius 2 is 1.97 bits per heavy atom. The van der Waals surface area contributed by atoms with Gasteiger partial charge in [-0.3, -0.25) is 4.84 Å². The lowest BCUT2D eigenvalue weighted by Crippen LogP contribution is -2.33. The van der Waals surface area contributed by atoms with E-state index in [2.05, 4.69) is 39.1 Å². The lowest BCUT2D eigenvalue weighted by molar-refractivity contribution is -0.0829. The number of nitrogens with zero attached hydrogens (tertiary/aromatic N) is 6. The average molecular weight is 523 g/mol. The number of likely N-dealkylation sites (tertiary alicyclic amines) is 1. The number of aryl methyl sites for hydroxylation is 1. The van der Waals surface area contributed by atoms with Crippen LogP contribution >= 0.6 is 0 Å². The molecule has 6 rings (SSSR count). The number of aromatic nitrogens is 4. The molecule has 0 radical (unpaired) electrons. The van der Waals surface area contributed by atoms with Gasteiger partial charge in [0.2, 0.25) is 0 Å². The zero-order valence-corrected chi connectivity index (χ0v) is 22.0. The molecule has 39 heavy (non-hydrogen) atoms. The highest BCUT2D eigenvalue weighted by molar-refractivity contribution is 5.91. The summed E-state index contributed by atoms with van der Waals surface area (Å²) in [6, 6.07) is 15.3. The summed E-state index contributed by atoms with van der Waals surface area (Å²) in [6.07, 6.45) is 3.19. The predicted molar refractivity (Wildman–Crippen MR) is 149 cm³/mol. The fourth-order valence-electron chi connectivity index (χ4n) is 5.24. The molecule has 2 fully saturated rings. The number of nitrogen functional groups attached to an aromatic ring is 1. The van der Waals surface area contributed by atoms with E-state index in [9.17, 15) is 4.79 Å². The summed E-state index contributed by atoms with van der Waals surface area (Å²) in [4.78, 5) is 29.7. The van der Waals surface area contributed by atoms with Crippen LogP contribution in [0.4, 0.5) is 16.3 Å². The number of nitrogens with one attached hydrogen (secondary N) is 1. The lowest BCUT2D eigenvalue weighted by Gasteiger charge is -2.23. The molecule has 2 aliphatic heterocycles. The van der Waals surface area contributed by atoms with Gasteiger partial charge in [-0.1, -0.05) is 42.3 Å². The van der Waals surface area contributed by atoms with Gasteiger partial charge in [0.1, 0.15) is 17.8 Å². The number of nitrogens with two attached hydrogens (primary N) is 1. The molecule has 3 N–H and O–H groups in total. The first kappa shape index (κ1) is 24.9. The number of likely N-dealkylation sites (N-methyl/N-ethyl adjacent to an activating group) is 1. The van der Waals surface area contributed by atoms with Crippen LogP contribution in [-0.2, 0) is 4.84 Å². The maximum atomic E-state index is 13.1. The molecule has 1 unspecified atom stereocenters. The van der Waals surface area contributed by atoms with E-state index in [-0.39, 0.29) is 18.1 Å². The number of fused-ring (bicyclic) bond motifs is 1. The normalized spacial score (nSPS) is 19.3. The van der Waals surface area contributed by atoms with Gasteiger partial charge in [0.25, 0.3) is 0 Å². The number of hydrogen-bond acceptors (Lipinski definition) is 7. The Hall–Kier alpha value is -4.46. The van der Waals surface area contributed by atoms with Gasteiger partial charge in [-0.25, -0.2) is 19.4 Å². The Kier molecular flexibility index (Phi) is 6.60. The van der Waals surface area contributed by atoms with E-state index in [1.165, 1.54) is 11.4 Å². The Balaban J connectivity index is 1.27. The number of rotatable bonds is 3. The number of hydroxylamine groups is 2. The van der Waals surface area contributed by atoms with Crippen LogP contribution in [0.5, 0.6) is 0 Å². The molecule has 0 saturated carbocycles. The third kappa shape index (κ3) is 4.90. The number of hydrogen-bond donors (Lipinski definition) is 2. The fraction of sp³-hybridized carbons (Fsp3) is 0.310. The summed E-state index contributed by atoms with van der Waals surface area (Å²) < 4.78 is 1.93. The maximum absolute atomic E-state index is 13.1. The summed E-state index contributed by atoms with van der Waals surface area (Å²) in [5, 5.41) is 9.86. The highest BCUT2D eigenvalue weighted by Gasteiger charge is 2.32. The van der Waals surface area contributed by atoms with Crippen LogP contribution in [0.25, 0.3) is 11.0 Å². The molecule has 2 aromatic heterocycles. The van der Waals surface area contributed by atoms with Crippen LogP contribution < -0.4 is 11.1 Å². The van der Waals surface area contributed by atoms with Gasteiger partial charge in [-0.15, -0.1) is 0 Å². The van der Waals surface area contributed by atoms with E-state index in [0.717, 1.165) is 42.6 Å². The molecule has 0 bridgehead atoms. The maximum Gasteiger partial charge on any atom is 0.346 e. The van der Waals surface area contributed by atoms with Crippen molar-refractivity contribution in [3.8, 4) is 11.8 Å². The summed E-state index contributed by atoms with van der Waals surface area (Å²) >= 11 is 0. The fourth-order valence-corrected chi connectivity index (χ4v) is 5.24. The van der Waals surface area contributed by atoms with E-state index in [0.29, 0.717) is 34.8 Å². The number of amides is 2. The van der Waals surface area contributed by atoms with E-state index >= 15 is 0 Å². The SMILES string of the molecule is Cc1ccc(NC(=O)N2OCC[C@@H]2c2ccccc2)cc1C#Cc1nn(C2CCN(C)C2)c2ncnc(N)c12. The summed E-state index contributed by atoms with van der Waals surface area (Å²) in [6.45, 7) is 4.36.